The molecule has 124 valence electrons. The van der Waals surface area contributed by atoms with E-state index in [1.54, 1.807) is 31.2 Å². The molecule has 3 rings (SSSR count). The molecular formula is C18H19N3O3. The van der Waals surface area contributed by atoms with Crippen LogP contribution in [0.4, 0.5) is 0 Å². The SMILES string of the molecule is CC(=O)N1CC[C@H](Cc2cc(-c3ccccc3C(=O)O)ncn2)C1. The summed E-state index contributed by atoms with van der Waals surface area (Å²) in [5, 5.41) is 9.33. The van der Waals surface area contributed by atoms with Crippen molar-refractivity contribution in [2.24, 2.45) is 5.92 Å². The van der Waals surface area contributed by atoms with Crippen LogP contribution in [-0.4, -0.2) is 44.9 Å². The zero-order valence-corrected chi connectivity index (χ0v) is 13.5. The summed E-state index contributed by atoms with van der Waals surface area (Å²) in [6.07, 6.45) is 3.19. The molecule has 2 aromatic rings. The summed E-state index contributed by atoms with van der Waals surface area (Å²) in [5.41, 5.74) is 2.30. The van der Waals surface area contributed by atoms with Crippen LogP contribution in [0.2, 0.25) is 0 Å². The van der Waals surface area contributed by atoms with Gasteiger partial charge in [0.1, 0.15) is 6.33 Å². The molecule has 0 aliphatic carbocycles. The van der Waals surface area contributed by atoms with Crippen molar-refractivity contribution in [3.8, 4) is 11.3 Å². The molecule has 2 heterocycles. The van der Waals surface area contributed by atoms with E-state index in [2.05, 4.69) is 9.97 Å². The van der Waals surface area contributed by atoms with Gasteiger partial charge in [-0.05, 0) is 30.9 Å². The second kappa shape index (κ2) is 6.78. The quantitative estimate of drug-likeness (QED) is 0.932. The number of carboxylic acid groups (broad SMARTS) is 1. The average Bonchev–Trinajstić information content (AvgIpc) is 3.04. The molecule has 6 heteroatoms. The lowest BCUT2D eigenvalue weighted by Gasteiger charge is -2.14. The fraction of sp³-hybridized carbons (Fsp3) is 0.333. The van der Waals surface area contributed by atoms with Gasteiger partial charge in [0, 0.05) is 31.3 Å². The highest BCUT2D eigenvalue weighted by molar-refractivity contribution is 5.95. The van der Waals surface area contributed by atoms with Crippen molar-refractivity contribution in [2.45, 2.75) is 19.8 Å². The molecule has 1 amide bonds. The lowest BCUT2D eigenvalue weighted by Crippen LogP contribution is -2.26. The van der Waals surface area contributed by atoms with Crippen LogP contribution in [0.25, 0.3) is 11.3 Å². The minimum atomic E-state index is -0.973. The van der Waals surface area contributed by atoms with Gasteiger partial charge in [0.2, 0.25) is 5.91 Å². The molecule has 1 atom stereocenters. The molecular weight excluding hydrogens is 306 g/mol. The standard InChI is InChI=1S/C18H19N3O3/c1-12(22)21-7-6-13(10-21)8-14-9-17(20-11-19-14)15-4-2-3-5-16(15)18(23)24/h2-5,9,11,13H,6-8,10H2,1H3,(H,23,24)/t13-/m1/s1. The first-order valence-electron chi connectivity index (χ1n) is 7.93. The Bertz CT molecular complexity index is 776. The van der Waals surface area contributed by atoms with E-state index < -0.39 is 5.97 Å². The summed E-state index contributed by atoms with van der Waals surface area (Å²) in [6.45, 7) is 3.13. The third-order valence-corrected chi connectivity index (χ3v) is 4.39. The molecule has 0 spiro atoms. The third-order valence-electron chi connectivity index (χ3n) is 4.39. The molecule has 1 N–H and O–H groups in total. The van der Waals surface area contributed by atoms with Gasteiger partial charge in [-0.3, -0.25) is 4.79 Å². The summed E-state index contributed by atoms with van der Waals surface area (Å²) in [4.78, 5) is 33.2. The van der Waals surface area contributed by atoms with Crippen LogP contribution in [0.15, 0.2) is 36.7 Å². The first kappa shape index (κ1) is 16.1. The number of likely N-dealkylation sites (tertiary alicyclic amines) is 1. The molecule has 24 heavy (non-hydrogen) atoms. The van der Waals surface area contributed by atoms with E-state index in [1.807, 2.05) is 11.0 Å². The molecule has 1 aromatic carbocycles. The van der Waals surface area contributed by atoms with Gasteiger partial charge in [-0.15, -0.1) is 0 Å². The van der Waals surface area contributed by atoms with Crippen LogP contribution >= 0.6 is 0 Å². The Morgan fingerprint density at radius 1 is 1.29 bits per heavy atom. The second-order valence-corrected chi connectivity index (χ2v) is 6.07. The van der Waals surface area contributed by atoms with Crippen molar-refractivity contribution >= 4 is 11.9 Å². The van der Waals surface area contributed by atoms with E-state index in [0.29, 0.717) is 17.2 Å². The molecule has 6 nitrogen and oxygen atoms in total. The van der Waals surface area contributed by atoms with Gasteiger partial charge in [-0.2, -0.15) is 0 Å². The highest BCUT2D eigenvalue weighted by atomic mass is 16.4. The molecule has 0 bridgehead atoms. The first-order valence-corrected chi connectivity index (χ1v) is 7.93. The maximum absolute atomic E-state index is 11.4. The Kier molecular flexibility index (Phi) is 4.55. The minimum absolute atomic E-state index is 0.108. The average molecular weight is 325 g/mol. The number of amides is 1. The van der Waals surface area contributed by atoms with Gasteiger partial charge in [0.15, 0.2) is 0 Å². The molecule has 0 radical (unpaired) electrons. The predicted molar refractivity (Wildman–Crippen MR) is 88.5 cm³/mol. The number of hydrogen-bond donors (Lipinski definition) is 1. The van der Waals surface area contributed by atoms with Crippen molar-refractivity contribution in [2.75, 3.05) is 13.1 Å². The number of benzene rings is 1. The largest absolute Gasteiger partial charge is 0.478 e. The zero-order valence-electron chi connectivity index (χ0n) is 13.5. The van der Waals surface area contributed by atoms with Gasteiger partial charge < -0.3 is 10.0 Å². The number of carboxylic acids is 1. The second-order valence-electron chi connectivity index (χ2n) is 6.07. The maximum Gasteiger partial charge on any atom is 0.336 e. The van der Waals surface area contributed by atoms with Crippen LogP contribution < -0.4 is 0 Å². The number of hydrogen-bond acceptors (Lipinski definition) is 4. The molecule has 0 unspecified atom stereocenters. The number of carbonyl (C=O) groups is 2. The van der Waals surface area contributed by atoms with Crippen LogP contribution in [0.1, 0.15) is 29.4 Å². The van der Waals surface area contributed by atoms with E-state index in [-0.39, 0.29) is 11.5 Å². The normalized spacial score (nSPS) is 17.0. The number of aromatic nitrogens is 2. The summed E-state index contributed by atoms with van der Waals surface area (Å²) in [5.74, 6) is -0.485. The van der Waals surface area contributed by atoms with Crippen molar-refractivity contribution in [3.63, 3.8) is 0 Å². The summed E-state index contributed by atoms with van der Waals surface area (Å²) in [7, 11) is 0. The molecule has 1 fully saturated rings. The molecule has 1 aliphatic heterocycles. The summed E-state index contributed by atoms with van der Waals surface area (Å²) < 4.78 is 0. The van der Waals surface area contributed by atoms with E-state index in [4.69, 9.17) is 0 Å². The zero-order chi connectivity index (χ0) is 17.1. The fourth-order valence-electron chi connectivity index (χ4n) is 3.13. The van der Waals surface area contributed by atoms with Crippen molar-refractivity contribution in [3.05, 3.63) is 47.9 Å². The third kappa shape index (κ3) is 3.42. The Balaban J connectivity index is 1.81. The van der Waals surface area contributed by atoms with E-state index in [9.17, 15) is 14.7 Å². The van der Waals surface area contributed by atoms with Crippen LogP contribution in [0.5, 0.6) is 0 Å². The van der Waals surface area contributed by atoms with Gasteiger partial charge in [-0.25, -0.2) is 14.8 Å². The Morgan fingerprint density at radius 2 is 2.08 bits per heavy atom. The van der Waals surface area contributed by atoms with Crippen LogP contribution in [-0.2, 0) is 11.2 Å². The van der Waals surface area contributed by atoms with Crippen molar-refractivity contribution in [1.29, 1.82) is 0 Å². The molecule has 1 saturated heterocycles. The topological polar surface area (TPSA) is 83.4 Å². The lowest BCUT2D eigenvalue weighted by molar-refractivity contribution is -0.127. The van der Waals surface area contributed by atoms with Crippen LogP contribution in [0.3, 0.4) is 0 Å². The molecule has 0 saturated carbocycles. The van der Waals surface area contributed by atoms with Gasteiger partial charge in [0.25, 0.3) is 0 Å². The number of nitrogens with zero attached hydrogens (tertiary/aromatic N) is 3. The molecule has 1 aliphatic rings. The number of aromatic carboxylic acids is 1. The monoisotopic (exact) mass is 325 g/mol. The van der Waals surface area contributed by atoms with Crippen molar-refractivity contribution < 1.29 is 14.7 Å². The minimum Gasteiger partial charge on any atom is -0.478 e. The van der Waals surface area contributed by atoms with Gasteiger partial charge in [0.05, 0.1) is 11.3 Å². The van der Waals surface area contributed by atoms with Crippen molar-refractivity contribution in [1.82, 2.24) is 14.9 Å². The van der Waals surface area contributed by atoms with Crippen LogP contribution in [0, 0.1) is 5.92 Å². The Labute approximate surface area is 140 Å². The van der Waals surface area contributed by atoms with Gasteiger partial charge in [-0.1, -0.05) is 18.2 Å². The molecule has 1 aromatic heterocycles. The smallest absolute Gasteiger partial charge is 0.336 e. The Hall–Kier alpha value is -2.76. The van der Waals surface area contributed by atoms with E-state index in [1.165, 1.54) is 6.33 Å². The number of carbonyl (C=O) groups excluding carboxylic acids is 1. The predicted octanol–water partition coefficient (Wildman–Crippen LogP) is 2.25. The van der Waals surface area contributed by atoms with E-state index >= 15 is 0 Å². The van der Waals surface area contributed by atoms with Gasteiger partial charge >= 0.3 is 5.97 Å². The summed E-state index contributed by atoms with van der Waals surface area (Å²) in [6, 6.07) is 8.66. The number of rotatable bonds is 4. The lowest BCUT2D eigenvalue weighted by atomic mass is 10.00. The summed E-state index contributed by atoms with van der Waals surface area (Å²) >= 11 is 0. The highest BCUT2D eigenvalue weighted by Crippen LogP contribution is 2.24. The Morgan fingerprint density at radius 3 is 2.79 bits per heavy atom. The fourth-order valence-corrected chi connectivity index (χ4v) is 3.13. The maximum atomic E-state index is 11.4. The first-order chi connectivity index (χ1) is 11.5. The van der Waals surface area contributed by atoms with E-state index in [0.717, 1.165) is 31.6 Å². The highest BCUT2D eigenvalue weighted by Gasteiger charge is 2.24.